The van der Waals surface area contributed by atoms with Crippen molar-refractivity contribution in [2.75, 3.05) is 6.61 Å². The summed E-state index contributed by atoms with van der Waals surface area (Å²) in [4.78, 5) is 10.6. The molecule has 0 fully saturated rings. The van der Waals surface area contributed by atoms with Crippen LogP contribution >= 0.6 is 0 Å². The molecule has 0 saturated heterocycles. The molecular weight excluding hydrogens is 120 g/mol. The lowest BCUT2D eigenvalue weighted by Crippen LogP contribution is -2.32. The molecule has 0 spiro atoms. The number of carbonyl (C=O) groups is 1. The Balaban J connectivity index is 3.74. The SMILES string of the molecule is [CH2+]COC(=O)C(C)(C)O. The Morgan fingerprint density at radius 2 is 2.22 bits per heavy atom. The van der Waals surface area contributed by atoms with Crippen molar-refractivity contribution in [3.05, 3.63) is 6.92 Å². The summed E-state index contributed by atoms with van der Waals surface area (Å²) in [7, 11) is 0. The standard InChI is InChI=1S/C6H11O3/c1-4-9-5(7)6(2,3)8/h8H,1,4H2,2-3H3/q+1. The van der Waals surface area contributed by atoms with Crippen molar-refractivity contribution in [1.29, 1.82) is 0 Å². The molecule has 0 radical (unpaired) electrons. The van der Waals surface area contributed by atoms with Crippen LogP contribution in [-0.2, 0) is 9.53 Å². The van der Waals surface area contributed by atoms with Crippen LogP contribution in [0.2, 0.25) is 0 Å². The summed E-state index contributed by atoms with van der Waals surface area (Å²) in [6.07, 6.45) is 0. The summed E-state index contributed by atoms with van der Waals surface area (Å²) in [6, 6.07) is 0. The van der Waals surface area contributed by atoms with Gasteiger partial charge in [-0.1, -0.05) is 0 Å². The molecule has 9 heavy (non-hydrogen) atoms. The second kappa shape index (κ2) is 2.73. The quantitative estimate of drug-likeness (QED) is 0.428. The van der Waals surface area contributed by atoms with E-state index in [0.29, 0.717) is 0 Å². The van der Waals surface area contributed by atoms with E-state index in [4.69, 9.17) is 5.11 Å². The number of rotatable bonds is 2. The van der Waals surface area contributed by atoms with Gasteiger partial charge in [-0.15, -0.1) is 0 Å². The lowest BCUT2D eigenvalue weighted by atomic mass is 10.1. The fourth-order valence-corrected chi connectivity index (χ4v) is 0.269. The molecule has 0 rings (SSSR count). The van der Waals surface area contributed by atoms with Crippen LogP contribution in [0.25, 0.3) is 0 Å². The maximum Gasteiger partial charge on any atom is 0.340 e. The maximum atomic E-state index is 10.6. The van der Waals surface area contributed by atoms with Gasteiger partial charge >= 0.3 is 5.97 Å². The monoisotopic (exact) mass is 131 g/mol. The van der Waals surface area contributed by atoms with E-state index in [2.05, 4.69) is 11.7 Å². The van der Waals surface area contributed by atoms with E-state index in [0.717, 1.165) is 0 Å². The summed E-state index contributed by atoms with van der Waals surface area (Å²) in [5.41, 5.74) is -1.39. The minimum atomic E-state index is -1.39. The third-order valence-electron chi connectivity index (χ3n) is 0.733. The Kier molecular flexibility index (Phi) is 2.52. The minimum Gasteiger partial charge on any atom is -0.421 e. The summed E-state index contributed by atoms with van der Waals surface area (Å²) >= 11 is 0. The third kappa shape index (κ3) is 2.98. The van der Waals surface area contributed by atoms with Gasteiger partial charge in [0, 0.05) is 0 Å². The van der Waals surface area contributed by atoms with Gasteiger partial charge in [-0.25, -0.2) is 4.79 Å². The van der Waals surface area contributed by atoms with Gasteiger partial charge in [0.05, 0.1) is 0 Å². The van der Waals surface area contributed by atoms with Gasteiger partial charge in [0.15, 0.2) is 5.60 Å². The van der Waals surface area contributed by atoms with Gasteiger partial charge in [-0.05, 0) is 13.8 Å². The van der Waals surface area contributed by atoms with Gasteiger partial charge in [-0.2, -0.15) is 0 Å². The fraction of sp³-hybridized carbons (Fsp3) is 0.667. The van der Waals surface area contributed by atoms with E-state index in [-0.39, 0.29) is 6.61 Å². The van der Waals surface area contributed by atoms with E-state index in [1.54, 1.807) is 0 Å². The Morgan fingerprint density at radius 1 is 1.78 bits per heavy atom. The van der Waals surface area contributed by atoms with Crippen LogP contribution in [0.5, 0.6) is 0 Å². The highest BCUT2D eigenvalue weighted by Gasteiger charge is 2.25. The Morgan fingerprint density at radius 3 is 2.33 bits per heavy atom. The predicted molar refractivity (Wildman–Crippen MR) is 32.6 cm³/mol. The minimum absolute atomic E-state index is 0.0584. The zero-order chi connectivity index (χ0) is 7.49. The molecular formula is C6H11O3+. The van der Waals surface area contributed by atoms with E-state index in [1.165, 1.54) is 13.8 Å². The van der Waals surface area contributed by atoms with Crippen molar-refractivity contribution in [2.45, 2.75) is 19.4 Å². The molecule has 1 N–H and O–H groups in total. The number of ether oxygens (including phenoxy) is 1. The largest absolute Gasteiger partial charge is 0.421 e. The first-order chi connectivity index (χ1) is 3.98. The normalized spacial score (nSPS) is 11.0. The Bertz CT molecular complexity index is 101. The first kappa shape index (κ1) is 8.30. The van der Waals surface area contributed by atoms with Crippen molar-refractivity contribution >= 4 is 5.97 Å². The molecule has 0 aromatic carbocycles. The van der Waals surface area contributed by atoms with Crippen LogP contribution in [-0.4, -0.2) is 23.3 Å². The van der Waals surface area contributed by atoms with Crippen molar-refractivity contribution < 1.29 is 14.6 Å². The van der Waals surface area contributed by atoms with E-state index in [1.807, 2.05) is 0 Å². The molecule has 0 aliphatic heterocycles. The van der Waals surface area contributed by atoms with Crippen LogP contribution in [0.3, 0.4) is 0 Å². The highest BCUT2D eigenvalue weighted by Crippen LogP contribution is 2.02. The van der Waals surface area contributed by atoms with Gasteiger partial charge in [-0.3, -0.25) is 0 Å². The van der Waals surface area contributed by atoms with Gasteiger partial charge in [0.2, 0.25) is 6.61 Å². The lowest BCUT2D eigenvalue weighted by molar-refractivity contribution is -0.160. The topological polar surface area (TPSA) is 46.5 Å². The number of hydrogen-bond acceptors (Lipinski definition) is 3. The summed E-state index contributed by atoms with van der Waals surface area (Å²) in [5.74, 6) is -0.641. The van der Waals surface area contributed by atoms with Crippen LogP contribution in [0, 0.1) is 6.92 Å². The molecule has 0 amide bonds. The first-order valence-electron chi connectivity index (χ1n) is 2.67. The molecule has 0 atom stereocenters. The van der Waals surface area contributed by atoms with Crippen molar-refractivity contribution in [3.8, 4) is 0 Å². The average Bonchev–Trinajstić information content (AvgIpc) is 1.64. The average molecular weight is 131 g/mol. The lowest BCUT2D eigenvalue weighted by Gasteiger charge is -2.12. The van der Waals surface area contributed by atoms with E-state index < -0.39 is 11.6 Å². The molecule has 0 aliphatic carbocycles. The number of esters is 1. The molecule has 0 bridgehead atoms. The molecule has 52 valence electrons. The van der Waals surface area contributed by atoms with Gasteiger partial charge in [0.1, 0.15) is 6.92 Å². The van der Waals surface area contributed by atoms with Crippen LogP contribution in [0.4, 0.5) is 0 Å². The molecule has 0 aromatic rings. The van der Waals surface area contributed by atoms with Crippen LogP contribution in [0.1, 0.15) is 13.8 Å². The summed E-state index contributed by atoms with van der Waals surface area (Å²) < 4.78 is 4.41. The number of carbonyl (C=O) groups excluding carboxylic acids is 1. The van der Waals surface area contributed by atoms with Crippen molar-refractivity contribution in [3.63, 3.8) is 0 Å². The zero-order valence-corrected chi connectivity index (χ0v) is 5.68. The highest BCUT2D eigenvalue weighted by molar-refractivity contribution is 5.78. The van der Waals surface area contributed by atoms with Crippen LogP contribution in [0.15, 0.2) is 0 Å². The predicted octanol–water partition coefficient (Wildman–Crippen LogP) is 0.135. The number of hydrogen-bond donors (Lipinski definition) is 1. The van der Waals surface area contributed by atoms with E-state index >= 15 is 0 Å². The number of aliphatic hydroxyl groups is 1. The fourth-order valence-electron chi connectivity index (χ4n) is 0.269. The second-order valence-electron chi connectivity index (χ2n) is 2.19. The first-order valence-corrected chi connectivity index (χ1v) is 2.67. The summed E-state index contributed by atoms with van der Waals surface area (Å²) in [6.45, 7) is 6.08. The Hall–Kier alpha value is -0.700. The van der Waals surface area contributed by atoms with Gasteiger partial charge < -0.3 is 9.84 Å². The van der Waals surface area contributed by atoms with Crippen LogP contribution < -0.4 is 0 Å². The Labute approximate surface area is 54.6 Å². The molecule has 0 heterocycles. The van der Waals surface area contributed by atoms with Crippen molar-refractivity contribution in [1.82, 2.24) is 0 Å². The second-order valence-corrected chi connectivity index (χ2v) is 2.19. The molecule has 3 nitrogen and oxygen atoms in total. The molecule has 0 unspecified atom stereocenters. The van der Waals surface area contributed by atoms with Gasteiger partial charge in [0.25, 0.3) is 0 Å². The van der Waals surface area contributed by atoms with E-state index in [9.17, 15) is 4.79 Å². The zero-order valence-electron chi connectivity index (χ0n) is 5.68. The highest BCUT2D eigenvalue weighted by atomic mass is 16.5. The third-order valence-corrected chi connectivity index (χ3v) is 0.733. The molecule has 0 aromatic heterocycles. The molecule has 0 aliphatic rings. The molecule has 3 heteroatoms. The molecule has 0 saturated carbocycles. The van der Waals surface area contributed by atoms with Crippen molar-refractivity contribution in [2.24, 2.45) is 0 Å². The summed E-state index contributed by atoms with van der Waals surface area (Å²) in [5, 5.41) is 8.91. The maximum absolute atomic E-state index is 10.6. The smallest absolute Gasteiger partial charge is 0.340 e.